The lowest BCUT2D eigenvalue weighted by Gasteiger charge is -2.20. The maximum atomic E-state index is 5.54. The van der Waals surface area contributed by atoms with Crippen molar-refractivity contribution in [3.63, 3.8) is 0 Å². The Morgan fingerprint density at radius 2 is 2.33 bits per heavy atom. The van der Waals surface area contributed by atoms with E-state index in [9.17, 15) is 0 Å². The monoisotopic (exact) mass is 246 g/mol. The van der Waals surface area contributed by atoms with Crippen molar-refractivity contribution in [3.8, 4) is 5.75 Å². The normalized spacial score (nSPS) is 23.7. The van der Waals surface area contributed by atoms with Gasteiger partial charge in [0.25, 0.3) is 0 Å². The van der Waals surface area contributed by atoms with E-state index in [1.165, 1.54) is 5.56 Å². The number of hydrogen-bond donors (Lipinski definition) is 0. The summed E-state index contributed by atoms with van der Waals surface area (Å²) in [5, 5.41) is 0. The fraction of sp³-hybridized carbons (Fsp3) is 0.500. The van der Waals surface area contributed by atoms with Crippen LogP contribution in [0.1, 0.15) is 24.7 Å². The molecular weight excluding hydrogens is 228 g/mol. The smallest absolute Gasteiger partial charge is 0.144 e. The van der Waals surface area contributed by atoms with Crippen LogP contribution in [0.5, 0.6) is 5.75 Å². The first kappa shape index (κ1) is 11.5. The third-order valence-electron chi connectivity index (χ3n) is 3.72. The van der Waals surface area contributed by atoms with Gasteiger partial charge in [-0.25, -0.2) is 4.98 Å². The summed E-state index contributed by atoms with van der Waals surface area (Å²) in [5.74, 6) is 1.94. The summed E-state index contributed by atoms with van der Waals surface area (Å²) in [6, 6.07) is 2.04. The fourth-order valence-electron chi connectivity index (χ4n) is 2.65. The molecule has 1 aliphatic rings. The van der Waals surface area contributed by atoms with E-state index in [2.05, 4.69) is 29.4 Å². The van der Waals surface area contributed by atoms with Gasteiger partial charge in [-0.3, -0.25) is 4.40 Å². The molecule has 0 aliphatic carbocycles. The zero-order valence-electron chi connectivity index (χ0n) is 11.1. The van der Waals surface area contributed by atoms with Crippen LogP contribution in [-0.4, -0.2) is 29.7 Å². The Hall–Kier alpha value is -1.55. The van der Waals surface area contributed by atoms with Gasteiger partial charge in [0, 0.05) is 12.8 Å². The van der Waals surface area contributed by atoms with Crippen molar-refractivity contribution in [1.29, 1.82) is 0 Å². The van der Waals surface area contributed by atoms with E-state index in [1.54, 1.807) is 7.11 Å². The van der Waals surface area contributed by atoms with E-state index in [0.29, 0.717) is 0 Å². The van der Waals surface area contributed by atoms with E-state index >= 15 is 0 Å². The molecule has 0 amide bonds. The van der Waals surface area contributed by atoms with Crippen molar-refractivity contribution >= 4 is 5.52 Å². The minimum atomic E-state index is 0.00518. The highest BCUT2D eigenvalue weighted by Crippen LogP contribution is 2.34. The van der Waals surface area contributed by atoms with Crippen LogP contribution in [0.3, 0.4) is 0 Å². The average molecular weight is 246 g/mol. The first-order chi connectivity index (χ1) is 8.64. The number of methoxy groups -OCH3 is 1. The average Bonchev–Trinajstić information content (AvgIpc) is 2.95. The highest BCUT2D eigenvalue weighted by atomic mass is 16.5. The summed E-state index contributed by atoms with van der Waals surface area (Å²) in [7, 11) is 1.70. The molecule has 18 heavy (non-hydrogen) atoms. The maximum Gasteiger partial charge on any atom is 0.144 e. The Balaban J connectivity index is 2.22. The quantitative estimate of drug-likeness (QED) is 0.816. The molecule has 1 atom stereocenters. The third-order valence-corrected chi connectivity index (χ3v) is 3.72. The number of aromatic nitrogens is 2. The lowest BCUT2D eigenvalue weighted by Crippen LogP contribution is -2.25. The molecule has 96 valence electrons. The second kappa shape index (κ2) is 3.99. The fourth-order valence-corrected chi connectivity index (χ4v) is 2.65. The second-order valence-electron chi connectivity index (χ2n) is 5.29. The molecule has 1 unspecified atom stereocenters. The van der Waals surface area contributed by atoms with Crippen LogP contribution >= 0.6 is 0 Å². The van der Waals surface area contributed by atoms with Gasteiger partial charge >= 0.3 is 0 Å². The molecule has 0 N–H and O–H groups in total. The van der Waals surface area contributed by atoms with E-state index in [-0.39, 0.29) is 5.41 Å². The van der Waals surface area contributed by atoms with Crippen molar-refractivity contribution in [3.05, 3.63) is 29.8 Å². The van der Waals surface area contributed by atoms with Gasteiger partial charge in [-0.05, 0) is 25.0 Å². The van der Waals surface area contributed by atoms with E-state index in [0.717, 1.165) is 36.7 Å². The van der Waals surface area contributed by atoms with Crippen molar-refractivity contribution in [1.82, 2.24) is 9.38 Å². The molecule has 2 aromatic heterocycles. The number of aryl methyl sites for hydroxylation is 1. The summed E-state index contributed by atoms with van der Waals surface area (Å²) in [6.45, 7) is 5.83. The molecule has 0 bridgehead atoms. The summed E-state index contributed by atoms with van der Waals surface area (Å²) >= 11 is 0. The molecular formula is C14H18N2O2. The van der Waals surface area contributed by atoms with Gasteiger partial charge in [0.05, 0.1) is 25.3 Å². The van der Waals surface area contributed by atoms with Gasteiger partial charge in [-0.15, -0.1) is 0 Å². The van der Waals surface area contributed by atoms with Crippen molar-refractivity contribution < 1.29 is 9.47 Å². The number of hydrogen-bond acceptors (Lipinski definition) is 3. The number of ether oxygens (including phenoxy) is 2. The molecule has 1 aliphatic heterocycles. The van der Waals surface area contributed by atoms with Crippen LogP contribution in [0.4, 0.5) is 0 Å². The van der Waals surface area contributed by atoms with Crippen LogP contribution in [0.2, 0.25) is 0 Å². The van der Waals surface area contributed by atoms with Crippen LogP contribution in [0, 0.1) is 6.92 Å². The number of imidazole rings is 1. The molecule has 4 heteroatoms. The molecule has 1 saturated heterocycles. The first-order valence-corrected chi connectivity index (χ1v) is 6.24. The van der Waals surface area contributed by atoms with Crippen molar-refractivity contribution in [2.45, 2.75) is 25.7 Å². The molecule has 1 fully saturated rings. The minimum Gasteiger partial charge on any atom is -0.494 e. The van der Waals surface area contributed by atoms with Crippen LogP contribution in [0.25, 0.3) is 5.52 Å². The Kier molecular flexibility index (Phi) is 2.55. The van der Waals surface area contributed by atoms with Crippen LogP contribution < -0.4 is 4.74 Å². The van der Waals surface area contributed by atoms with Gasteiger partial charge in [-0.1, -0.05) is 6.92 Å². The molecule has 3 heterocycles. The van der Waals surface area contributed by atoms with Crippen LogP contribution in [-0.2, 0) is 10.2 Å². The summed E-state index contributed by atoms with van der Waals surface area (Å²) < 4.78 is 13.1. The highest BCUT2D eigenvalue weighted by Gasteiger charge is 2.35. The van der Waals surface area contributed by atoms with Gasteiger partial charge in [0.1, 0.15) is 17.1 Å². The Bertz CT molecular complexity index is 583. The minimum absolute atomic E-state index is 0.00518. The standard InChI is InChI=1S/C14H18N2O2/c1-10-6-12(17-3)11-7-15-13(16(11)8-10)14(2)4-5-18-9-14/h6-8H,4-5,9H2,1-3H3. The number of nitrogens with zero attached hydrogens (tertiary/aromatic N) is 2. The first-order valence-electron chi connectivity index (χ1n) is 6.24. The van der Waals surface area contributed by atoms with E-state index in [4.69, 9.17) is 9.47 Å². The topological polar surface area (TPSA) is 35.8 Å². The SMILES string of the molecule is COc1cc(C)cn2c(C3(C)CCOC3)ncc12. The van der Waals surface area contributed by atoms with E-state index in [1.807, 2.05) is 12.3 Å². The zero-order valence-corrected chi connectivity index (χ0v) is 11.1. The number of fused-ring (bicyclic) bond motifs is 1. The lowest BCUT2D eigenvalue weighted by atomic mass is 9.89. The van der Waals surface area contributed by atoms with Gasteiger partial charge < -0.3 is 9.47 Å². The number of pyridine rings is 1. The lowest BCUT2D eigenvalue weighted by molar-refractivity contribution is 0.179. The van der Waals surface area contributed by atoms with Crippen molar-refractivity contribution in [2.75, 3.05) is 20.3 Å². The van der Waals surface area contributed by atoms with Gasteiger partial charge in [-0.2, -0.15) is 0 Å². The summed E-state index contributed by atoms with van der Waals surface area (Å²) in [4.78, 5) is 4.60. The highest BCUT2D eigenvalue weighted by molar-refractivity contribution is 5.60. The third kappa shape index (κ3) is 1.60. The largest absolute Gasteiger partial charge is 0.494 e. The molecule has 4 nitrogen and oxygen atoms in total. The zero-order chi connectivity index (χ0) is 12.8. The molecule has 0 saturated carbocycles. The van der Waals surface area contributed by atoms with Crippen LogP contribution in [0.15, 0.2) is 18.5 Å². The molecule has 0 aromatic carbocycles. The molecule has 2 aromatic rings. The Labute approximate surface area is 107 Å². The Morgan fingerprint density at radius 1 is 1.50 bits per heavy atom. The maximum absolute atomic E-state index is 5.54. The van der Waals surface area contributed by atoms with E-state index < -0.39 is 0 Å². The molecule has 0 radical (unpaired) electrons. The van der Waals surface area contributed by atoms with Crippen molar-refractivity contribution in [2.24, 2.45) is 0 Å². The molecule has 3 rings (SSSR count). The van der Waals surface area contributed by atoms with Gasteiger partial charge in [0.15, 0.2) is 0 Å². The second-order valence-corrected chi connectivity index (χ2v) is 5.29. The number of rotatable bonds is 2. The predicted octanol–water partition coefficient (Wildman–Crippen LogP) is 2.33. The Morgan fingerprint density at radius 3 is 3.00 bits per heavy atom. The summed E-state index contributed by atoms with van der Waals surface area (Å²) in [5.41, 5.74) is 2.19. The molecule has 0 spiro atoms. The summed E-state index contributed by atoms with van der Waals surface area (Å²) in [6.07, 6.45) is 5.02. The van der Waals surface area contributed by atoms with Gasteiger partial charge in [0.2, 0.25) is 0 Å². The predicted molar refractivity (Wildman–Crippen MR) is 69.3 cm³/mol.